The lowest BCUT2D eigenvalue weighted by molar-refractivity contribution is -0.121. The SMILES string of the molecule is CCC1OCCC1C(=O)Nc1ccc(CNC)cc1. The monoisotopic (exact) mass is 262 g/mol. The van der Waals surface area contributed by atoms with Crippen LogP contribution in [0, 0.1) is 5.92 Å². The molecule has 0 saturated carbocycles. The molecule has 1 fully saturated rings. The molecule has 104 valence electrons. The van der Waals surface area contributed by atoms with Crippen LogP contribution in [0.5, 0.6) is 0 Å². The fourth-order valence-corrected chi connectivity index (χ4v) is 2.50. The molecule has 0 aliphatic carbocycles. The summed E-state index contributed by atoms with van der Waals surface area (Å²) in [5.74, 6) is 0.0627. The van der Waals surface area contributed by atoms with Crippen LogP contribution < -0.4 is 10.6 Å². The molecule has 0 radical (unpaired) electrons. The fourth-order valence-electron chi connectivity index (χ4n) is 2.50. The van der Waals surface area contributed by atoms with Crippen LogP contribution >= 0.6 is 0 Å². The molecule has 4 nitrogen and oxygen atoms in total. The lowest BCUT2D eigenvalue weighted by Crippen LogP contribution is -2.29. The molecule has 2 rings (SSSR count). The van der Waals surface area contributed by atoms with Gasteiger partial charge < -0.3 is 15.4 Å². The van der Waals surface area contributed by atoms with E-state index in [1.807, 2.05) is 31.3 Å². The molecular formula is C15H22N2O2. The van der Waals surface area contributed by atoms with Gasteiger partial charge in [-0.2, -0.15) is 0 Å². The van der Waals surface area contributed by atoms with E-state index in [2.05, 4.69) is 17.6 Å². The zero-order valence-electron chi connectivity index (χ0n) is 11.6. The summed E-state index contributed by atoms with van der Waals surface area (Å²) in [5.41, 5.74) is 2.06. The number of hydrogen-bond donors (Lipinski definition) is 2. The topological polar surface area (TPSA) is 50.4 Å². The molecule has 1 saturated heterocycles. The Kier molecular flexibility index (Phi) is 4.93. The van der Waals surface area contributed by atoms with Gasteiger partial charge in [-0.3, -0.25) is 4.79 Å². The third-order valence-electron chi connectivity index (χ3n) is 3.55. The van der Waals surface area contributed by atoms with Crippen molar-refractivity contribution in [1.29, 1.82) is 0 Å². The highest BCUT2D eigenvalue weighted by Gasteiger charge is 2.32. The summed E-state index contributed by atoms with van der Waals surface area (Å²) in [5, 5.41) is 6.08. The number of rotatable bonds is 5. The largest absolute Gasteiger partial charge is 0.377 e. The van der Waals surface area contributed by atoms with Crippen molar-refractivity contribution in [2.45, 2.75) is 32.4 Å². The van der Waals surface area contributed by atoms with Crippen LogP contribution in [0.1, 0.15) is 25.3 Å². The van der Waals surface area contributed by atoms with Gasteiger partial charge in [0.1, 0.15) is 0 Å². The third kappa shape index (κ3) is 3.55. The Morgan fingerprint density at radius 3 is 2.74 bits per heavy atom. The second kappa shape index (κ2) is 6.68. The van der Waals surface area contributed by atoms with Crippen molar-refractivity contribution in [3.63, 3.8) is 0 Å². The molecular weight excluding hydrogens is 240 g/mol. The van der Waals surface area contributed by atoms with E-state index in [-0.39, 0.29) is 17.9 Å². The fraction of sp³-hybridized carbons (Fsp3) is 0.533. The Labute approximate surface area is 114 Å². The number of carbonyl (C=O) groups excluding carboxylic acids is 1. The molecule has 0 aromatic heterocycles. The molecule has 1 aliphatic rings. The molecule has 0 bridgehead atoms. The van der Waals surface area contributed by atoms with Crippen molar-refractivity contribution >= 4 is 11.6 Å². The van der Waals surface area contributed by atoms with Gasteiger partial charge >= 0.3 is 0 Å². The van der Waals surface area contributed by atoms with Crippen LogP contribution in [0.25, 0.3) is 0 Å². The van der Waals surface area contributed by atoms with E-state index in [1.165, 1.54) is 5.56 Å². The first-order valence-corrected chi connectivity index (χ1v) is 6.90. The van der Waals surface area contributed by atoms with E-state index < -0.39 is 0 Å². The van der Waals surface area contributed by atoms with Crippen LogP contribution in [-0.2, 0) is 16.1 Å². The summed E-state index contributed by atoms with van der Waals surface area (Å²) in [6.45, 7) is 3.59. The summed E-state index contributed by atoms with van der Waals surface area (Å²) >= 11 is 0. The van der Waals surface area contributed by atoms with Gasteiger partial charge in [0.25, 0.3) is 0 Å². The second-order valence-electron chi connectivity index (χ2n) is 4.93. The van der Waals surface area contributed by atoms with Crippen LogP contribution in [0.15, 0.2) is 24.3 Å². The van der Waals surface area contributed by atoms with E-state index >= 15 is 0 Å². The summed E-state index contributed by atoms with van der Waals surface area (Å²) in [6, 6.07) is 7.94. The van der Waals surface area contributed by atoms with Crippen molar-refractivity contribution in [3.05, 3.63) is 29.8 Å². The number of amides is 1. The third-order valence-corrected chi connectivity index (χ3v) is 3.55. The minimum absolute atomic E-state index is 0.0121. The van der Waals surface area contributed by atoms with E-state index in [9.17, 15) is 4.79 Å². The molecule has 2 unspecified atom stereocenters. The predicted molar refractivity (Wildman–Crippen MR) is 76.0 cm³/mol. The lowest BCUT2D eigenvalue weighted by Gasteiger charge is -2.16. The number of anilines is 1. The highest BCUT2D eigenvalue weighted by molar-refractivity contribution is 5.93. The molecule has 2 N–H and O–H groups in total. The van der Waals surface area contributed by atoms with Crippen molar-refractivity contribution in [2.24, 2.45) is 5.92 Å². The first-order chi connectivity index (χ1) is 9.24. The van der Waals surface area contributed by atoms with Gasteiger partial charge in [-0.15, -0.1) is 0 Å². The maximum absolute atomic E-state index is 12.2. The Bertz CT molecular complexity index is 417. The van der Waals surface area contributed by atoms with Crippen molar-refractivity contribution in [3.8, 4) is 0 Å². The number of hydrogen-bond acceptors (Lipinski definition) is 3. The van der Waals surface area contributed by atoms with Gasteiger partial charge in [-0.1, -0.05) is 19.1 Å². The van der Waals surface area contributed by atoms with Gasteiger partial charge in [-0.25, -0.2) is 0 Å². The number of ether oxygens (including phenoxy) is 1. The van der Waals surface area contributed by atoms with E-state index in [0.29, 0.717) is 6.61 Å². The van der Waals surface area contributed by atoms with E-state index in [1.54, 1.807) is 0 Å². The van der Waals surface area contributed by atoms with Crippen molar-refractivity contribution in [1.82, 2.24) is 5.32 Å². The van der Waals surface area contributed by atoms with Gasteiger partial charge in [0.2, 0.25) is 5.91 Å². The molecule has 4 heteroatoms. The molecule has 2 atom stereocenters. The lowest BCUT2D eigenvalue weighted by atomic mass is 9.98. The van der Waals surface area contributed by atoms with Gasteiger partial charge in [0, 0.05) is 18.8 Å². The molecule has 1 aromatic carbocycles. The highest BCUT2D eigenvalue weighted by atomic mass is 16.5. The predicted octanol–water partition coefficient (Wildman–Crippen LogP) is 2.16. The van der Waals surface area contributed by atoms with Gasteiger partial charge in [0.05, 0.1) is 12.0 Å². The zero-order valence-corrected chi connectivity index (χ0v) is 11.6. The molecule has 19 heavy (non-hydrogen) atoms. The smallest absolute Gasteiger partial charge is 0.230 e. The first-order valence-electron chi connectivity index (χ1n) is 6.90. The van der Waals surface area contributed by atoms with E-state index in [4.69, 9.17) is 4.74 Å². The molecule has 1 amide bonds. The molecule has 1 aliphatic heterocycles. The maximum Gasteiger partial charge on any atom is 0.230 e. The van der Waals surface area contributed by atoms with Crippen molar-refractivity contribution in [2.75, 3.05) is 19.0 Å². The summed E-state index contributed by atoms with van der Waals surface area (Å²) in [6.07, 6.45) is 1.78. The number of nitrogens with one attached hydrogen (secondary N) is 2. The average molecular weight is 262 g/mol. The van der Waals surface area contributed by atoms with Crippen LogP contribution in [0.2, 0.25) is 0 Å². The Morgan fingerprint density at radius 1 is 1.37 bits per heavy atom. The number of benzene rings is 1. The van der Waals surface area contributed by atoms with E-state index in [0.717, 1.165) is 25.1 Å². The normalized spacial score (nSPS) is 22.4. The van der Waals surface area contributed by atoms with Gasteiger partial charge in [0.15, 0.2) is 0 Å². The minimum atomic E-state index is -0.0121. The Hall–Kier alpha value is -1.39. The quantitative estimate of drug-likeness (QED) is 0.855. The number of carbonyl (C=O) groups is 1. The van der Waals surface area contributed by atoms with Crippen molar-refractivity contribution < 1.29 is 9.53 Å². The highest BCUT2D eigenvalue weighted by Crippen LogP contribution is 2.24. The summed E-state index contributed by atoms with van der Waals surface area (Å²) in [4.78, 5) is 12.2. The average Bonchev–Trinajstić information content (AvgIpc) is 2.90. The van der Waals surface area contributed by atoms with Gasteiger partial charge in [-0.05, 0) is 37.6 Å². The Balaban J connectivity index is 1.94. The standard InChI is InChI=1S/C15H22N2O2/c1-3-14-13(8-9-19-14)15(18)17-12-6-4-11(5-7-12)10-16-2/h4-7,13-14,16H,3,8-10H2,1-2H3,(H,17,18). The van der Waals surface area contributed by atoms with Crippen LogP contribution in [0.3, 0.4) is 0 Å². The molecule has 1 heterocycles. The Morgan fingerprint density at radius 2 is 2.11 bits per heavy atom. The molecule has 1 aromatic rings. The molecule has 0 spiro atoms. The maximum atomic E-state index is 12.2. The summed E-state index contributed by atoms with van der Waals surface area (Å²) in [7, 11) is 1.92. The first kappa shape index (κ1) is 14.0. The zero-order chi connectivity index (χ0) is 13.7. The summed E-state index contributed by atoms with van der Waals surface area (Å²) < 4.78 is 5.56. The second-order valence-corrected chi connectivity index (χ2v) is 4.93. The van der Waals surface area contributed by atoms with Crippen LogP contribution in [0.4, 0.5) is 5.69 Å². The van der Waals surface area contributed by atoms with Crippen LogP contribution in [-0.4, -0.2) is 25.7 Å². The minimum Gasteiger partial charge on any atom is -0.377 e.